The molecule has 2 aliphatic rings. The van der Waals surface area contributed by atoms with Gasteiger partial charge in [-0.3, -0.25) is 4.79 Å². The van der Waals surface area contributed by atoms with E-state index in [2.05, 4.69) is 17.6 Å². The summed E-state index contributed by atoms with van der Waals surface area (Å²) in [7, 11) is 0. The van der Waals surface area contributed by atoms with Crippen molar-refractivity contribution >= 4 is 12.0 Å². The van der Waals surface area contributed by atoms with Crippen LogP contribution in [0.5, 0.6) is 0 Å². The van der Waals surface area contributed by atoms with E-state index < -0.39 is 11.9 Å². The van der Waals surface area contributed by atoms with Crippen molar-refractivity contribution < 1.29 is 14.7 Å². The van der Waals surface area contributed by atoms with Crippen molar-refractivity contribution in [3.05, 3.63) is 12.2 Å². The second-order valence-corrected chi connectivity index (χ2v) is 5.18. The van der Waals surface area contributed by atoms with Crippen LogP contribution >= 0.6 is 0 Å². The number of hydrogen-bond donors (Lipinski definition) is 3. The molecule has 4 unspecified atom stereocenters. The number of urea groups is 1. The van der Waals surface area contributed by atoms with E-state index in [1.165, 1.54) is 0 Å². The Morgan fingerprint density at radius 1 is 1.28 bits per heavy atom. The lowest BCUT2D eigenvalue weighted by Gasteiger charge is -2.13. The molecule has 0 spiro atoms. The Morgan fingerprint density at radius 2 is 2.06 bits per heavy atom. The van der Waals surface area contributed by atoms with Crippen LogP contribution in [0.25, 0.3) is 0 Å². The fourth-order valence-corrected chi connectivity index (χ4v) is 2.48. The van der Waals surface area contributed by atoms with Crippen LogP contribution in [0.1, 0.15) is 32.6 Å². The highest BCUT2D eigenvalue weighted by molar-refractivity contribution is 5.76. The van der Waals surface area contributed by atoms with Gasteiger partial charge >= 0.3 is 12.0 Å². The lowest BCUT2D eigenvalue weighted by Crippen LogP contribution is -2.42. The molecule has 0 aliphatic heterocycles. The zero-order valence-corrected chi connectivity index (χ0v) is 10.6. The minimum Gasteiger partial charge on any atom is -0.481 e. The number of nitrogens with one attached hydrogen (secondary N) is 2. The summed E-state index contributed by atoms with van der Waals surface area (Å²) in [6.07, 6.45) is 7.23. The Labute approximate surface area is 107 Å². The minimum atomic E-state index is -0.832. The Kier molecular flexibility index (Phi) is 3.89. The van der Waals surface area contributed by atoms with E-state index >= 15 is 0 Å². The molecule has 4 atom stereocenters. The highest BCUT2D eigenvalue weighted by Gasteiger charge is 2.37. The lowest BCUT2D eigenvalue weighted by atomic mass is 10.1. The normalized spacial score (nSPS) is 33.2. The number of hydrogen-bond acceptors (Lipinski definition) is 2. The van der Waals surface area contributed by atoms with E-state index in [1.807, 2.05) is 0 Å². The van der Waals surface area contributed by atoms with Crippen molar-refractivity contribution in [2.75, 3.05) is 0 Å². The zero-order chi connectivity index (χ0) is 13.1. The third-order valence-corrected chi connectivity index (χ3v) is 3.62. The molecule has 0 aromatic carbocycles. The Morgan fingerprint density at radius 3 is 2.67 bits per heavy atom. The molecule has 2 rings (SSSR count). The van der Waals surface area contributed by atoms with Gasteiger partial charge in [-0.1, -0.05) is 25.5 Å². The minimum absolute atomic E-state index is 0.158. The van der Waals surface area contributed by atoms with Crippen LogP contribution < -0.4 is 10.6 Å². The molecule has 1 fully saturated rings. The van der Waals surface area contributed by atoms with Gasteiger partial charge in [-0.25, -0.2) is 4.79 Å². The Hall–Kier alpha value is -1.52. The van der Waals surface area contributed by atoms with Gasteiger partial charge in [0.2, 0.25) is 0 Å². The molecule has 18 heavy (non-hydrogen) atoms. The third-order valence-electron chi connectivity index (χ3n) is 3.62. The molecular formula is C13H20N2O3. The van der Waals surface area contributed by atoms with Gasteiger partial charge in [0.25, 0.3) is 0 Å². The van der Waals surface area contributed by atoms with Gasteiger partial charge in [0.05, 0.1) is 12.0 Å². The molecule has 2 aliphatic carbocycles. The van der Waals surface area contributed by atoms with E-state index in [4.69, 9.17) is 5.11 Å². The van der Waals surface area contributed by atoms with E-state index in [9.17, 15) is 9.59 Å². The van der Waals surface area contributed by atoms with Crippen LogP contribution in [-0.2, 0) is 4.79 Å². The maximum absolute atomic E-state index is 11.7. The van der Waals surface area contributed by atoms with Crippen molar-refractivity contribution in [3.63, 3.8) is 0 Å². The summed E-state index contributed by atoms with van der Waals surface area (Å²) in [6.45, 7) is 2.14. The van der Waals surface area contributed by atoms with E-state index in [0.717, 1.165) is 19.3 Å². The smallest absolute Gasteiger partial charge is 0.315 e. The van der Waals surface area contributed by atoms with Gasteiger partial charge < -0.3 is 15.7 Å². The number of rotatable bonds is 5. The molecule has 100 valence electrons. The molecule has 0 saturated heterocycles. The molecule has 0 bridgehead atoms. The van der Waals surface area contributed by atoms with Crippen LogP contribution in [0.15, 0.2) is 12.2 Å². The highest BCUT2D eigenvalue weighted by Crippen LogP contribution is 2.34. The van der Waals surface area contributed by atoms with E-state index in [-0.39, 0.29) is 12.1 Å². The number of carboxylic acids is 1. The first kappa shape index (κ1) is 12.9. The van der Waals surface area contributed by atoms with Crippen molar-refractivity contribution in [1.82, 2.24) is 10.6 Å². The summed E-state index contributed by atoms with van der Waals surface area (Å²) >= 11 is 0. The average molecular weight is 252 g/mol. The van der Waals surface area contributed by atoms with Gasteiger partial charge in [0.15, 0.2) is 0 Å². The maximum Gasteiger partial charge on any atom is 0.315 e. The molecule has 1 saturated carbocycles. The summed E-state index contributed by atoms with van der Waals surface area (Å²) in [4.78, 5) is 22.4. The average Bonchev–Trinajstić information content (AvgIpc) is 2.85. The predicted octanol–water partition coefficient (Wildman–Crippen LogP) is 1.50. The second-order valence-electron chi connectivity index (χ2n) is 5.18. The van der Waals surface area contributed by atoms with Crippen molar-refractivity contribution in [1.29, 1.82) is 0 Å². The number of amides is 2. The number of aliphatic carboxylic acids is 1. The molecule has 3 N–H and O–H groups in total. The first-order chi connectivity index (χ1) is 8.60. The molecule has 0 radical (unpaired) electrons. The van der Waals surface area contributed by atoms with Crippen LogP contribution in [0.4, 0.5) is 4.79 Å². The molecular weight excluding hydrogens is 232 g/mol. The molecule has 0 aromatic rings. The van der Waals surface area contributed by atoms with Gasteiger partial charge in [-0.2, -0.15) is 0 Å². The fraction of sp³-hybridized carbons (Fsp3) is 0.692. The van der Waals surface area contributed by atoms with Crippen LogP contribution in [0.2, 0.25) is 0 Å². The standard InChI is InChI=1S/C13H20N2O3/c1-2-3-8-7-11(8)15-13(18)14-10-5-4-9(6-10)12(16)17/h4-5,8-11H,2-3,6-7H2,1H3,(H,16,17)(H2,14,15,18). The quantitative estimate of drug-likeness (QED) is 0.649. The summed E-state index contributed by atoms with van der Waals surface area (Å²) in [5.74, 6) is -0.670. The van der Waals surface area contributed by atoms with E-state index in [1.54, 1.807) is 12.2 Å². The second kappa shape index (κ2) is 5.42. The number of carboxylic acid groups (broad SMARTS) is 1. The van der Waals surface area contributed by atoms with Crippen molar-refractivity contribution in [3.8, 4) is 0 Å². The fourth-order valence-electron chi connectivity index (χ4n) is 2.48. The molecule has 2 amide bonds. The predicted molar refractivity (Wildman–Crippen MR) is 67.1 cm³/mol. The molecule has 5 nitrogen and oxygen atoms in total. The number of carbonyl (C=O) groups is 2. The van der Waals surface area contributed by atoms with Crippen LogP contribution in [0, 0.1) is 11.8 Å². The van der Waals surface area contributed by atoms with Crippen molar-refractivity contribution in [2.45, 2.75) is 44.7 Å². The molecule has 5 heteroatoms. The summed E-state index contributed by atoms with van der Waals surface area (Å²) in [5.41, 5.74) is 0. The lowest BCUT2D eigenvalue weighted by molar-refractivity contribution is -0.140. The maximum atomic E-state index is 11.7. The third kappa shape index (κ3) is 3.24. The van der Waals surface area contributed by atoms with Gasteiger partial charge in [-0.05, 0) is 25.2 Å². The SMILES string of the molecule is CCCC1CC1NC(=O)NC1C=CC(C(=O)O)C1. The zero-order valence-electron chi connectivity index (χ0n) is 10.6. The van der Waals surface area contributed by atoms with Crippen LogP contribution in [0.3, 0.4) is 0 Å². The van der Waals surface area contributed by atoms with Crippen molar-refractivity contribution in [2.24, 2.45) is 11.8 Å². The number of carbonyl (C=O) groups excluding carboxylic acids is 1. The highest BCUT2D eigenvalue weighted by atomic mass is 16.4. The largest absolute Gasteiger partial charge is 0.481 e. The van der Waals surface area contributed by atoms with E-state index in [0.29, 0.717) is 18.4 Å². The van der Waals surface area contributed by atoms with Gasteiger partial charge in [-0.15, -0.1) is 0 Å². The first-order valence-electron chi connectivity index (χ1n) is 6.58. The summed E-state index contributed by atoms with van der Waals surface area (Å²) in [5, 5.41) is 14.6. The Bertz CT molecular complexity index is 367. The first-order valence-corrected chi connectivity index (χ1v) is 6.58. The topological polar surface area (TPSA) is 78.4 Å². The summed E-state index contributed by atoms with van der Waals surface area (Å²) < 4.78 is 0. The monoisotopic (exact) mass is 252 g/mol. The van der Waals surface area contributed by atoms with Gasteiger partial charge in [0, 0.05) is 6.04 Å². The van der Waals surface area contributed by atoms with Crippen LogP contribution in [-0.4, -0.2) is 29.2 Å². The Balaban J connectivity index is 1.67. The molecule has 0 aromatic heterocycles. The molecule has 0 heterocycles. The van der Waals surface area contributed by atoms with Gasteiger partial charge in [0.1, 0.15) is 0 Å². The summed E-state index contributed by atoms with van der Waals surface area (Å²) in [6, 6.07) is -0.0284.